The van der Waals surface area contributed by atoms with Gasteiger partial charge in [-0.1, -0.05) is 72.0 Å². The first kappa shape index (κ1) is 15.4. The molecule has 1 heterocycles. The lowest BCUT2D eigenvalue weighted by Gasteiger charge is -2.05. The Morgan fingerprint density at radius 2 is 1.65 bits per heavy atom. The van der Waals surface area contributed by atoms with Gasteiger partial charge in [0.05, 0.1) is 5.56 Å². The van der Waals surface area contributed by atoms with Crippen molar-refractivity contribution in [2.75, 3.05) is 0 Å². The van der Waals surface area contributed by atoms with E-state index in [1.165, 1.54) is 0 Å². The molecule has 1 atom stereocenters. The summed E-state index contributed by atoms with van der Waals surface area (Å²) in [6.45, 7) is 0. The van der Waals surface area contributed by atoms with Gasteiger partial charge in [0.1, 0.15) is 17.0 Å². The maximum absolute atomic E-state index is 10.5. The summed E-state index contributed by atoms with van der Waals surface area (Å²) in [6, 6.07) is 19.1. The van der Waals surface area contributed by atoms with Crippen LogP contribution in [0.3, 0.4) is 0 Å². The van der Waals surface area contributed by atoms with Gasteiger partial charge in [-0.25, -0.2) is 0 Å². The topological polar surface area (TPSA) is 38.0 Å². The maximum Gasteiger partial charge on any atom is 0.145 e. The first-order chi connectivity index (χ1) is 11.2. The molecular formula is C19H15ClN2O. The van der Waals surface area contributed by atoms with Crippen LogP contribution in [-0.4, -0.2) is 14.9 Å². The van der Waals surface area contributed by atoms with Crippen molar-refractivity contribution in [3.8, 4) is 23.1 Å². The third-order valence-corrected chi connectivity index (χ3v) is 3.91. The Morgan fingerprint density at radius 1 is 1.04 bits per heavy atom. The van der Waals surface area contributed by atoms with Crippen LogP contribution in [0.5, 0.6) is 0 Å². The Hall–Kier alpha value is -2.54. The van der Waals surface area contributed by atoms with Crippen molar-refractivity contribution in [1.82, 2.24) is 9.78 Å². The molecule has 0 saturated carbocycles. The molecule has 114 valence electrons. The second kappa shape index (κ2) is 6.70. The number of aromatic nitrogens is 2. The fourth-order valence-corrected chi connectivity index (χ4v) is 2.55. The molecule has 0 fully saturated rings. The monoisotopic (exact) mass is 322 g/mol. The number of hydrogen-bond acceptors (Lipinski definition) is 2. The van der Waals surface area contributed by atoms with Crippen LogP contribution in [0.2, 0.25) is 5.15 Å². The molecule has 3 aromatic rings. The highest BCUT2D eigenvalue weighted by Crippen LogP contribution is 2.32. The minimum absolute atomic E-state index is 0.388. The summed E-state index contributed by atoms with van der Waals surface area (Å²) in [5.74, 6) is 5.81. The first-order valence-corrected chi connectivity index (χ1v) is 7.57. The Morgan fingerprint density at radius 3 is 2.30 bits per heavy atom. The number of nitrogens with zero attached hydrogens (tertiary/aromatic N) is 2. The van der Waals surface area contributed by atoms with E-state index in [1.54, 1.807) is 11.7 Å². The van der Waals surface area contributed by atoms with Crippen molar-refractivity contribution in [3.63, 3.8) is 0 Å². The minimum atomic E-state index is -1.01. The lowest BCUT2D eigenvalue weighted by molar-refractivity contribution is 0.239. The molecule has 2 aromatic carbocycles. The van der Waals surface area contributed by atoms with Gasteiger partial charge in [-0.2, -0.15) is 5.10 Å². The Balaban J connectivity index is 2.01. The standard InChI is InChI=1S/C19H15ClN2O/c1-22-19(20)17(18(21-22)15-10-6-3-7-11-15)16(23)13-12-14-8-4-2-5-9-14/h2-11,16,23H,1H3. The molecule has 1 aromatic heterocycles. The minimum Gasteiger partial charge on any atom is -0.376 e. The van der Waals surface area contributed by atoms with E-state index in [2.05, 4.69) is 16.9 Å². The van der Waals surface area contributed by atoms with Gasteiger partial charge in [-0.3, -0.25) is 4.68 Å². The normalized spacial score (nSPS) is 11.6. The van der Waals surface area contributed by atoms with Gasteiger partial charge in [-0.15, -0.1) is 0 Å². The zero-order chi connectivity index (χ0) is 16.2. The first-order valence-electron chi connectivity index (χ1n) is 7.19. The van der Waals surface area contributed by atoms with E-state index in [1.807, 2.05) is 60.7 Å². The number of hydrogen-bond donors (Lipinski definition) is 1. The van der Waals surface area contributed by atoms with Crippen molar-refractivity contribution in [2.24, 2.45) is 7.05 Å². The largest absolute Gasteiger partial charge is 0.376 e. The van der Waals surface area contributed by atoms with E-state index in [9.17, 15) is 5.11 Å². The molecule has 23 heavy (non-hydrogen) atoms. The number of benzene rings is 2. The van der Waals surface area contributed by atoms with Gasteiger partial charge in [0.25, 0.3) is 0 Å². The number of aryl methyl sites for hydroxylation is 1. The lowest BCUT2D eigenvalue weighted by Crippen LogP contribution is -1.96. The molecule has 4 heteroatoms. The quantitative estimate of drug-likeness (QED) is 0.728. The van der Waals surface area contributed by atoms with Crippen LogP contribution in [0.15, 0.2) is 60.7 Å². The highest BCUT2D eigenvalue weighted by molar-refractivity contribution is 6.30. The Labute approximate surface area is 140 Å². The van der Waals surface area contributed by atoms with E-state index in [0.29, 0.717) is 16.4 Å². The molecular weight excluding hydrogens is 308 g/mol. The van der Waals surface area contributed by atoms with Crippen LogP contribution in [0.1, 0.15) is 17.2 Å². The van der Waals surface area contributed by atoms with E-state index in [0.717, 1.165) is 11.1 Å². The molecule has 3 rings (SSSR count). The zero-order valence-corrected chi connectivity index (χ0v) is 13.3. The van der Waals surface area contributed by atoms with Crippen molar-refractivity contribution in [2.45, 2.75) is 6.10 Å². The summed E-state index contributed by atoms with van der Waals surface area (Å²) in [5.41, 5.74) is 2.91. The zero-order valence-electron chi connectivity index (χ0n) is 12.6. The average molecular weight is 323 g/mol. The van der Waals surface area contributed by atoms with Crippen LogP contribution < -0.4 is 0 Å². The van der Waals surface area contributed by atoms with Crippen molar-refractivity contribution in [1.29, 1.82) is 0 Å². The Bertz CT molecular complexity index is 861. The lowest BCUT2D eigenvalue weighted by atomic mass is 10.0. The van der Waals surface area contributed by atoms with Crippen molar-refractivity contribution < 1.29 is 5.11 Å². The molecule has 0 aliphatic heterocycles. The highest BCUT2D eigenvalue weighted by Gasteiger charge is 2.21. The Kier molecular flexibility index (Phi) is 4.47. The molecule has 0 aliphatic rings. The number of rotatable bonds is 2. The van der Waals surface area contributed by atoms with Crippen LogP contribution in [0, 0.1) is 11.8 Å². The van der Waals surface area contributed by atoms with Crippen molar-refractivity contribution >= 4 is 11.6 Å². The SMILES string of the molecule is Cn1nc(-c2ccccc2)c(C(O)C#Cc2ccccc2)c1Cl. The number of aliphatic hydroxyl groups excluding tert-OH is 1. The van der Waals surface area contributed by atoms with Gasteiger partial charge in [0, 0.05) is 18.2 Å². The number of halogens is 1. The van der Waals surface area contributed by atoms with Gasteiger partial charge in [-0.05, 0) is 12.1 Å². The number of aliphatic hydroxyl groups is 1. The van der Waals surface area contributed by atoms with E-state index in [-0.39, 0.29) is 0 Å². The smallest absolute Gasteiger partial charge is 0.145 e. The molecule has 0 spiro atoms. The molecule has 0 bridgehead atoms. The van der Waals surface area contributed by atoms with Crippen LogP contribution in [0.4, 0.5) is 0 Å². The van der Waals surface area contributed by atoms with E-state index in [4.69, 9.17) is 11.6 Å². The average Bonchev–Trinajstić information content (AvgIpc) is 2.90. The molecule has 0 aliphatic carbocycles. The molecule has 1 N–H and O–H groups in total. The maximum atomic E-state index is 10.5. The summed E-state index contributed by atoms with van der Waals surface area (Å²) in [6.07, 6.45) is -1.01. The third-order valence-electron chi connectivity index (χ3n) is 3.46. The second-order valence-corrected chi connectivity index (χ2v) is 5.44. The highest BCUT2D eigenvalue weighted by atomic mass is 35.5. The van der Waals surface area contributed by atoms with Gasteiger partial charge in [0.2, 0.25) is 0 Å². The summed E-state index contributed by atoms with van der Waals surface area (Å²) in [4.78, 5) is 0. The summed E-state index contributed by atoms with van der Waals surface area (Å²) in [5, 5.41) is 15.3. The van der Waals surface area contributed by atoms with Gasteiger partial charge >= 0.3 is 0 Å². The van der Waals surface area contributed by atoms with Gasteiger partial charge in [0.15, 0.2) is 0 Å². The van der Waals surface area contributed by atoms with Crippen LogP contribution >= 0.6 is 11.6 Å². The molecule has 0 radical (unpaired) electrons. The third kappa shape index (κ3) is 3.29. The summed E-state index contributed by atoms with van der Waals surface area (Å²) in [7, 11) is 1.75. The second-order valence-electron chi connectivity index (χ2n) is 5.08. The predicted octanol–water partition coefficient (Wildman–Crippen LogP) is 3.83. The molecule has 0 saturated heterocycles. The predicted molar refractivity (Wildman–Crippen MR) is 91.9 cm³/mol. The molecule has 1 unspecified atom stereocenters. The molecule has 3 nitrogen and oxygen atoms in total. The van der Waals surface area contributed by atoms with E-state index < -0.39 is 6.10 Å². The van der Waals surface area contributed by atoms with Crippen molar-refractivity contribution in [3.05, 3.63) is 76.9 Å². The fourth-order valence-electron chi connectivity index (χ4n) is 2.32. The van der Waals surface area contributed by atoms with Gasteiger partial charge < -0.3 is 5.11 Å². The van der Waals surface area contributed by atoms with Crippen LogP contribution in [-0.2, 0) is 7.05 Å². The summed E-state index contributed by atoms with van der Waals surface area (Å²) < 4.78 is 1.55. The fraction of sp³-hybridized carbons (Fsp3) is 0.105. The molecule has 0 amide bonds. The van der Waals surface area contributed by atoms with E-state index >= 15 is 0 Å². The summed E-state index contributed by atoms with van der Waals surface area (Å²) >= 11 is 6.31. The van der Waals surface area contributed by atoms with Crippen LogP contribution in [0.25, 0.3) is 11.3 Å².